The molecule has 0 fully saturated rings. The molecule has 0 amide bonds. The zero-order valence-corrected chi connectivity index (χ0v) is 16.7. The van der Waals surface area contributed by atoms with E-state index in [9.17, 15) is 0 Å². The van der Waals surface area contributed by atoms with Crippen molar-refractivity contribution in [3.8, 4) is 5.75 Å². The lowest BCUT2D eigenvalue weighted by Crippen LogP contribution is -2.19. The van der Waals surface area contributed by atoms with Crippen LogP contribution in [0.4, 0.5) is 0 Å². The molecule has 0 aliphatic carbocycles. The molecule has 1 aromatic rings. The first-order valence-electron chi connectivity index (χ1n) is 7.79. The Hall–Kier alpha value is -0.0600. The molecule has 0 aliphatic heterocycles. The van der Waals surface area contributed by atoms with Gasteiger partial charge in [0, 0.05) is 6.54 Å². The van der Waals surface area contributed by atoms with Gasteiger partial charge >= 0.3 is 0 Å². The minimum Gasteiger partial charge on any atom is -0.491 e. The van der Waals surface area contributed by atoms with Crippen molar-refractivity contribution in [2.45, 2.75) is 47.1 Å². The Morgan fingerprint density at radius 3 is 2.14 bits per heavy atom. The van der Waals surface area contributed by atoms with Crippen LogP contribution in [0.3, 0.4) is 0 Å². The third-order valence-electron chi connectivity index (χ3n) is 3.56. The van der Waals surface area contributed by atoms with Gasteiger partial charge in [0.15, 0.2) is 0 Å². The second-order valence-electron chi connectivity index (χ2n) is 5.91. The van der Waals surface area contributed by atoms with Crippen LogP contribution in [0.15, 0.2) is 21.1 Å². The maximum Gasteiger partial charge on any atom is 0.147 e. The third kappa shape index (κ3) is 6.70. The summed E-state index contributed by atoms with van der Waals surface area (Å²) < 4.78 is 8.03. The molecule has 0 heterocycles. The van der Waals surface area contributed by atoms with E-state index in [0.717, 1.165) is 47.2 Å². The summed E-state index contributed by atoms with van der Waals surface area (Å²) in [5, 5.41) is 3.46. The van der Waals surface area contributed by atoms with E-state index in [1.165, 1.54) is 5.56 Å². The zero-order valence-electron chi connectivity index (χ0n) is 13.5. The van der Waals surface area contributed by atoms with E-state index < -0.39 is 0 Å². The predicted octanol–water partition coefficient (Wildman–Crippen LogP) is 5.77. The summed E-state index contributed by atoms with van der Waals surface area (Å²) in [5.74, 6) is 2.20. The van der Waals surface area contributed by atoms with Gasteiger partial charge in [-0.3, -0.25) is 0 Å². The van der Waals surface area contributed by atoms with E-state index >= 15 is 0 Å². The van der Waals surface area contributed by atoms with E-state index in [0.29, 0.717) is 11.8 Å². The average molecular weight is 421 g/mol. The van der Waals surface area contributed by atoms with Crippen LogP contribution in [0.2, 0.25) is 0 Å². The summed E-state index contributed by atoms with van der Waals surface area (Å²) in [7, 11) is 0. The Bertz CT molecular complexity index is 408. The van der Waals surface area contributed by atoms with Gasteiger partial charge < -0.3 is 10.1 Å². The molecule has 0 atom stereocenters. The molecule has 21 heavy (non-hydrogen) atoms. The van der Waals surface area contributed by atoms with Crippen LogP contribution in [0.5, 0.6) is 5.75 Å². The lowest BCUT2D eigenvalue weighted by molar-refractivity contribution is 0.238. The Morgan fingerprint density at radius 2 is 1.67 bits per heavy atom. The second-order valence-corrected chi connectivity index (χ2v) is 7.62. The highest BCUT2D eigenvalue weighted by atomic mass is 79.9. The van der Waals surface area contributed by atoms with Gasteiger partial charge in [0.25, 0.3) is 0 Å². The first-order valence-corrected chi connectivity index (χ1v) is 9.37. The largest absolute Gasteiger partial charge is 0.491 e. The number of hydrogen-bond donors (Lipinski definition) is 1. The van der Waals surface area contributed by atoms with Gasteiger partial charge in [-0.1, -0.05) is 40.5 Å². The molecule has 0 bridgehead atoms. The van der Waals surface area contributed by atoms with Crippen molar-refractivity contribution in [3.05, 3.63) is 26.6 Å². The number of ether oxygens (including phenoxy) is 1. The average Bonchev–Trinajstić information content (AvgIpc) is 2.41. The van der Waals surface area contributed by atoms with E-state index in [2.05, 4.69) is 77.0 Å². The molecule has 4 heteroatoms. The van der Waals surface area contributed by atoms with Crippen LogP contribution in [-0.2, 0) is 6.54 Å². The third-order valence-corrected chi connectivity index (χ3v) is 4.74. The van der Waals surface area contributed by atoms with Gasteiger partial charge in [-0.15, -0.1) is 0 Å². The van der Waals surface area contributed by atoms with Crippen molar-refractivity contribution in [1.29, 1.82) is 0 Å². The lowest BCUT2D eigenvalue weighted by atomic mass is 10.1. The van der Waals surface area contributed by atoms with E-state index in [1.807, 2.05) is 0 Å². The first-order chi connectivity index (χ1) is 9.97. The Balaban J connectivity index is 2.66. The fraction of sp³-hybridized carbons (Fsp3) is 0.647. The van der Waals surface area contributed by atoms with Crippen molar-refractivity contribution < 1.29 is 4.74 Å². The molecule has 0 aromatic heterocycles. The van der Waals surface area contributed by atoms with Crippen molar-refractivity contribution in [3.63, 3.8) is 0 Å². The van der Waals surface area contributed by atoms with Gasteiger partial charge in [0.1, 0.15) is 5.75 Å². The SMILES string of the molecule is CCC(CC)COc1c(Br)cc(CNCC(C)C)cc1Br. The van der Waals surface area contributed by atoms with E-state index in [-0.39, 0.29) is 0 Å². The molecule has 0 saturated heterocycles. The molecule has 1 rings (SSSR count). The molecule has 2 nitrogen and oxygen atoms in total. The normalized spacial score (nSPS) is 11.4. The maximum absolute atomic E-state index is 6.00. The van der Waals surface area contributed by atoms with Gasteiger partial charge in [-0.25, -0.2) is 0 Å². The summed E-state index contributed by atoms with van der Waals surface area (Å²) >= 11 is 7.26. The topological polar surface area (TPSA) is 21.3 Å². The maximum atomic E-state index is 6.00. The van der Waals surface area contributed by atoms with Crippen molar-refractivity contribution in [1.82, 2.24) is 5.32 Å². The number of nitrogens with one attached hydrogen (secondary N) is 1. The van der Waals surface area contributed by atoms with Gasteiger partial charge in [0.2, 0.25) is 0 Å². The first kappa shape index (κ1) is 19.0. The minimum atomic E-state index is 0.621. The quantitative estimate of drug-likeness (QED) is 0.547. The van der Waals surface area contributed by atoms with Crippen LogP contribution < -0.4 is 10.1 Å². The highest BCUT2D eigenvalue weighted by molar-refractivity contribution is 9.11. The second kappa shape index (κ2) is 9.86. The van der Waals surface area contributed by atoms with Crippen molar-refractivity contribution in [2.24, 2.45) is 11.8 Å². The number of rotatable bonds is 9. The Labute approximate surface area is 146 Å². The fourth-order valence-electron chi connectivity index (χ4n) is 2.08. The summed E-state index contributed by atoms with van der Waals surface area (Å²) in [6.07, 6.45) is 2.31. The van der Waals surface area contributed by atoms with Crippen LogP contribution in [0, 0.1) is 11.8 Å². The monoisotopic (exact) mass is 419 g/mol. The highest BCUT2D eigenvalue weighted by Crippen LogP contribution is 2.35. The molecule has 1 aromatic carbocycles. The highest BCUT2D eigenvalue weighted by Gasteiger charge is 2.11. The van der Waals surface area contributed by atoms with Gasteiger partial charge in [0.05, 0.1) is 15.6 Å². The number of halogens is 2. The molecule has 0 saturated carbocycles. The molecule has 1 N–H and O–H groups in total. The van der Waals surface area contributed by atoms with Crippen molar-refractivity contribution in [2.75, 3.05) is 13.2 Å². The Morgan fingerprint density at radius 1 is 1.10 bits per heavy atom. The molecule has 120 valence electrons. The summed E-state index contributed by atoms with van der Waals surface area (Å²) in [4.78, 5) is 0. The predicted molar refractivity (Wildman–Crippen MR) is 98.0 cm³/mol. The smallest absolute Gasteiger partial charge is 0.147 e. The summed E-state index contributed by atoms with van der Waals surface area (Å²) in [6.45, 7) is 11.5. The van der Waals surface area contributed by atoms with Crippen LogP contribution in [0.25, 0.3) is 0 Å². The summed E-state index contributed by atoms with van der Waals surface area (Å²) in [6, 6.07) is 4.28. The van der Waals surface area contributed by atoms with E-state index in [1.54, 1.807) is 0 Å². The summed E-state index contributed by atoms with van der Waals surface area (Å²) in [5.41, 5.74) is 1.25. The lowest BCUT2D eigenvalue weighted by Gasteiger charge is -2.17. The zero-order chi connectivity index (χ0) is 15.8. The van der Waals surface area contributed by atoms with Gasteiger partial charge in [-0.05, 0) is 67.9 Å². The molecule has 0 radical (unpaired) electrons. The molecular weight excluding hydrogens is 394 g/mol. The van der Waals surface area contributed by atoms with Crippen molar-refractivity contribution >= 4 is 31.9 Å². The Kier molecular flexibility index (Phi) is 8.91. The molecule has 0 spiro atoms. The fourth-order valence-corrected chi connectivity index (χ4v) is 3.59. The van der Waals surface area contributed by atoms with Crippen LogP contribution in [0.1, 0.15) is 46.1 Å². The standard InChI is InChI=1S/C17H27Br2NO/c1-5-13(6-2)11-21-17-15(18)7-14(8-16(17)19)10-20-9-12(3)4/h7-8,12-13,20H,5-6,9-11H2,1-4H3. The molecule has 0 aliphatic rings. The molecular formula is C17H27Br2NO. The minimum absolute atomic E-state index is 0.621. The molecule has 0 unspecified atom stereocenters. The van der Waals surface area contributed by atoms with Crippen LogP contribution >= 0.6 is 31.9 Å². The van der Waals surface area contributed by atoms with E-state index in [4.69, 9.17) is 4.74 Å². The van der Waals surface area contributed by atoms with Crippen LogP contribution in [-0.4, -0.2) is 13.2 Å². The van der Waals surface area contributed by atoms with Gasteiger partial charge in [-0.2, -0.15) is 0 Å². The number of hydrogen-bond acceptors (Lipinski definition) is 2. The number of benzene rings is 1.